The molecule has 2 atom stereocenters. The van der Waals surface area contributed by atoms with Gasteiger partial charge in [0, 0.05) is 19.1 Å². The first-order chi connectivity index (χ1) is 21.8. The molecule has 4 aromatic rings. The van der Waals surface area contributed by atoms with Crippen LogP contribution >= 0.6 is 0 Å². The second-order valence-electron chi connectivity index (χ2n) is 12.0. The zero-order valence-corrected chi connectivity index (χ0v) is 26.8. The molecule has 12 nitrogen and oxygen atoms in total. The van der Waals surface area contributed by atoms with Crippen LogP contribution < -0.4 is 15.7 Å². The van der Waals surface area contributed by atoms with E-state index in [2.05, 4.69) is 5.32 Å². The zero-order chi connectivity index (χ0) is 33.2. The number of carbonyl (C=O) groups excluding carboxylic acids is 2. The van der Waals surface area contributed by atoms with Crippen LogP contribution in [0.15, 0.2) is 82.5 Å². The quantitative estimate of drug-likeness (QED) is 0.316. The molecule has 0 bridgehead atoms. The van der Waals surface area contributed by atoms with Crippen molar-refractivity contribution in [2.24, 2.45) is 0 Å². The van der Waals surface area contributed by atoms with Crippen LogP contribution in [0.5, 0.6) is 5.75 Å². The summed E-state index contributed by atoms with van der Waals surface area (Å²) in [6.45, 7) is 5.79. The molecule has 0 radical (unpaired) electrons. The van der Waals surface area contributed by atoms with Crippen molar-refractivity contribution in [1.82, 2.24) is 18.8 Å². The lowest BCUT2D eigenvalue weighted by atomic mass is 10.0. The molecule has 2 heterocycles. The summed E-state index contributed by atoms with van der Waals surface area (Å²) in [6.07, 6.45) is 0.595. The zero-order valence-electron chi connectivity index (χ0n) is 26.0. The van der Waals surface area contributed by atoms with Gasteiger partial charge in [0.15, 0.2) is 0 Å². The first kappa shape index (κ1) is 32.3. The minimum atomic E-state index is -4.46. The molecule has 1 unspecified atom stereocenters. The number of likely N-dealkylation sites (tertiary alicyclic amines) is 1. The van der Waals surface area contributed by atoms with Crippen LogP contribution in [0, 0.1) is 11.3 Å². The fraction of sp³-hybridized carbons (Fsp3) is 0.333. The number of hydrogen-bond acceptors (Lipinski definition) is 8. The summed E-state index contributed by atoms with van der Waals surface area (Å²) in [6, 6.07) is 18.8. The Balaban J connectivity index is 1.64. The molecule has 0 spiro atoms. The summed E-state index contributed by atoms with van der Waals surface area (Å²) >= 11 is 0. The first-order valence-electron chi connectivity index (χ1n) is 14.7. The van der Waals surface area contributed by atoms with E-state index >= 15 is 0 Å². The van der Waals surface area contributed by atoms with Gasteiger partial charge in [-0.1, -0.05) is 30.3 Å². The van der Waals surface area contributed by atoms with Gasteiger partial charge in [-0.05, 0) is 81.6 Å². The van der Waals surface area contributed by atoms with Crippen molar-refractivity contribution >= 4 is 33.1 Å². The summed E-state index contributed by atoms with van der Waals surface area (Å²) in [4.78, 5) is 42.8. The summed E-state index contributed by atoms with van der Waals surface area (Å²) in [7, 11) is -3.01. The number of fused-ring (bicyclic) bond motifs is 1. The highest BCUT2D eigenvalue weighted by molar-refractivity contribution is 7.90. The number of amides is 2. The van der Waals surface area contributed by atoms with E-state index < -0.39 is 45.4 Å². The largest absolute Gasteiger partial charge is 0.497 e. The van der Waals surface area contributed by atoms with Crippen molar-refractivity contribution < 1.29 is 27.5 Å². The van der Waals surface area contributed by atoms with E-state index in [1.807, 2.05) is 6.07 Å². The van der Waals surface area contributed by atoms with Crippen molar-refractivity contribution in [3.8, 4) is 11.8 Å². The van der Waals surface area contributed by atoms with E-state index in [4.69, 9.17) is 9.47 Å². The van der Waals surface area contributed by atoms with E-state index in [0.29, 0.717) is 34.7 Å². The lowest BCUT2D eigenvalue weighted by Crippen LogP contribution is -2.52. The van der Waals surface area contributed by atoms with Gasteiger partial charge in [0.25, 0.3) is 15.9 Å². The third kappa shape index (κ3) is 6.48. The number of nitriles is 1. The van der Waals surface area contributed by atoms with E-state index in [9.17, 15) is 28.1 Å². The van der Waals surface area contributed by atoms with Crippen molar-refractivity contribution in [1.29, 1.82) is 5.26 Å². The van der Waals surface area contributed by atoms with Gasteiger partial charge in [0.2, 0.25) is 0 Å². The number of carbonyl (C=O) groups is 2. The van der Waals surface area contributed by atoms with Gasteiger partial charge in [-0.15, -0.1) is 0 Å². The average molecular weight is 646 g/mol. The molecule has 1 aliphatic rings. The Kier molecular flexibility index (Phi) is 8.94. The van der Waals surface area contributed by atoms with Gasteiger partial charge >= 0.3 is 11.8 Å². The Bertz CT molecular complexity index is 1970. The van der Waals surface area contributed by atoms with Crippen LogP contribution in [0.1, 0.15) is 50.8 Å². The highest BCUT2D eigenvalue weighted by Crippen LogP contribution is 2.29. The topological polar surface area (TPSA) is 153 Å². The Morgan fingerprint density at radius 1 is 1.02 bits per heavy atom. The molecule has 0 aliphatic carbocycles. The number of imidazole rings is 1. The molecular weight excluding hydrogens is 610 g/mol. The lowest BCUT2D eigenvalue weighted by molar-refractivity contribution is -0.135. The van der Waals surface area contributed by atoms with E-state index in [-0.39, 0.29) is 28.0 Å². The maximum absolute atomic E-state index is 14.5. The highest BCUT2D eigenvalue weighted by Gasteiger charge is 2.36. The molecule has 0 saturated carbocycles. The van der Waals surface area contributed by atoms with E-state index in [0.717, 1.165) is 4.57 Å². The van der Waals surface area contributed by atoms with Gasteiger partial charge in [-0.2, -0.15) is 9.23 Å². The summed E-state index contributed by atoms with van der Waals surface area (Å²) in [5.41, 5.74) is -0.931. The van der Waals surface area contributed by atoms with Crippen LogP contribution in [0.2, 0.25) is 0 Å². The molecule has 240 valence electrons. The number of ether oxygens (including phenoxy) is 2. The minimum absolute atomic E-state index is 0.0108. The molecule has 1 aromatic heterocycles. The van der Waals surface area contributed by atoms with Crippen molar-refractivity contribution in [2.75, 3.05) is 20.2 Å². The van der Waals surface area contributed by atoms with Gasteiger partial charge in [0.1, 0.15) is 17.4 Å². The van der Waals surface area contributed by atoms with Crippen LogP contribution in [0.25, 0.3) is 11.0 Å². The molecule has 1 N–H and O–H groups in total. The number of rotatable bonds is 7. The molecule has 5 rings (SSSR count). The number of alkyl carbamates (subject to hydrolysis) is 1. The summed E-state index contributed by atoms with van der Waals surface area (Å²) in [5, 5.41) is 12.5. The van der Waals surface area contributed by atoms with Gasteiger partial charge in [-0.3, -0.25) is 9.36 Å². The Morgan fingerprint density at radius 3 is 2.35 bits per heavy atom. The molecule has 2 amide bonds. The maximum Gasteiger partial charge on any atom is 0.407 e. The fourth-order valence-corrected chi connectivity index (χ4v) is 6.97. The van der Waals surface area contributed by atoms with E-state index in [1.165, 1.54) is 49.6 Å². The molecule has 3 aromatic carbocycles. The van der Waals surface area contributed by atoms with Crippen molar-refractivity contribution in [3.63, 3.8) is 0 Å². The second kappa shape index (κ2) is 12.7. The van der Waals surface area contributed by atoms with Gasteiger partial charge in [-0.25, -0.2) is 18.0 Å². The maximum atomic E-state index is 14.5. The second-order valence-corrected chi connectivity index (χ2v) is 13.8. The Morgan fingerprint density at radius 2 is 1.72 bits per heavy atom. The third-order valence-electron chi connectivity index (χ3n) is 7.62. The normalized spacial score (nSPS) is 16.0. The lowest BCUT2D eigenvalue weighted by Gasteiger charge is -2.35. The number of hydrogen-bond donors (Lipinski definition) is 1. The summed E-state index contributed by atoms with van der Waals surface area (Å²) in [5.74, 6) is -0.0321. The fourth-order valence-electron chi connectivity index (χ4n) is 5.58. The molecule has 46 heavy (non-hydrogen) atoms. The Hall–Kier alpha value is -5.09. The van der Waals surface area contributed by atoms with Crippen LogP contribution in [-0.4, -0.2) is 65.7 Å². The number of benzene rings is 3. The number of nitrogens with zero attached hydrogens (tertiary/aromatic N) is 4. The van der Waals surface area contributed by atoms with Gasteiger partial charge in [0.05, 0.1) is 34.7 Å². The number of nitrogens with one attached hydrogen (secondary N) is 1. The molecule has 1 fully saturated rings. The van der Waals surface area contributed by atoms with Crippen molar-refractivity contribution in [2.45, 2.75) is 56.2 Å². The van der Waals surface area contributed by atoms with Gasteiger partial charge < -0.3 is 19.7 Å². The minimum Gasteiger partial charge on any atom is -0.497 e. The number of aromatic nitrogens is 2. The molecular formula is C33H35N5O7S. The average Bonchev–Trinajstić information content (AvgIpc) is 3.32. The van der Waals surface area contributed by atoms with Crippen LogP contribution in [-0.2, 0) is 19.6 Å². The first-order valence-corrected chi connectivity index (χ1v) is 16.2. The van der Waals surface area contributed by atoms with Crippen LogP contribution in [0.3, 0.4) is 0 Å². The standard InChI is InChI=1S/C33H35N5O7S/c1-33(2,3)45-31(40)35-24-11-8-18-36(21-24)30(39)29(23-9-6-5-7-10-23)37-28-19-22(20-34)12-17-27(28)38(32(37)41)46(42,43)26-15-13-25(44-4)14-16-26/h5-7,9-10,12-17,19,24,29H,8,11,18,21H2,1-4H3,(H,35,40)/t24-,29?/m1/s1. The van der Waals surface area contributed by atoms with Crippen LogP contribution in [0.4, 0.5) is 4.79 Å². The smallest absolute Gasteiger partial charge is 0.407 e. The van der Waals surface area contributed by atoms with E-state index in [1.54, 1.807) is 56.0 Å². The number of piperidine rings is 1. The third-order valence-corrected chi connectivity index (χ3v) is 9.32. The highest BCUT2D eigenvalue weighted by atomic mass is 32.2. The summed E-state index contributed by atoms with van der Waals surface area (Å²) < 4.78 is 40.4. The predicted octanol–water partition coefficient (Wildman–Crippen LogP) is 4.03. The van der Waals surface area contributed by atoms with Crippen molar-refractivity contribution in [3.05, 3.63) is 94.4 Å². The monoisotopic (exact) mass is 645 g/mol. The molecule has 1 aliphatic heterocycles. The Labute approximate surface area is 266 Å². The SMILES string of the molecule is COc1ccc(S(=O)(=O)n2c(=O)n(C(C(=O)N3CCC[C@@H](NC(=O)OC(C)(C)C)C3)c3ccccc3)c3cc(C#N)ccc32)cc1. The molecule has 1 saturated heterocycles. The predicted molar refractivity (Wildman–Crippen MR) is 170 cm³/mol. The number of methoxy groups -OCH3 is 1. The molecule has 13 heteroatoms.